The van der Waals surface area contributed by atoms with Crippen molar-refractivity contribution in [1.82, 2.24) is 25.0 Å². The van der Waals surface area contributed by atoms with E-state index >= 15 is 0 Å². The van der Waals surface area contributed by atoms with E-state index in [4.69, 9.17) is 4.52 Å². The molecule has 1 fully saturated rings. The number of hydrogen-bond acceptors (Lipinski definition) is 6. The standard InChI is InChI=1S/C19H23N5O2/c1-13(11-24-12-21-16-9-5-4-8-15(16)19(24)25)20-10-17-22-18(26-23-17)14-6-2-3-7-14/h4-5,8-9,12-14,20H,2-3,6-7,10-11H2,1H3/t13-/m0/s1. The zero-order valence-corrected chi connectivity index (χ0v) is 14.9. The van der Waals surface area contributed by atoms with Gasteiger partial charge in [-0.2, -0.15) is 4.98 Å². The van der Waals surface area contributed by atoms with Crippen molar-refractivity contribution in [3.8, 4) is 0 Å². The SMILES string of the molecule is C[C@@H](Cn1cnc2ccccc2c1=O)NCc1noc(C2CCCC2)n1. The number of nitrogens with one attached hydrogen (secondary N) is 1. The van der Waals surface area contributed by atoms with E-state index < -0.39 is 0 Å². The number of para-hydroxylation sites is 1. The minimum Gasteiger partial charge on any atom is -0.339 e. The van der Waals surface area contributed by atoms with Crippen molar-refractivity contribution >= 4 is 10.9 Å². The van der Waals surface area contributed by atoms with Crippen LogP contribution in [0.1, 0.15) is 50.2 Å². The molecule has 0 amide bonds. The zero-order valence-electron chi connectivity index (χ0n) is 14.9. The van der Waals surface area contributed by atoms with Gasteiger partial charge in [0, 0.05) is 18.5 Å². The predicted octanol–water partition coefficient (Wildman–Crippen LogP) is 2.62. The van der Waals surface area contributed by atoms with Gasteiger partial charge < -0.3 is 9.84 Å². The quantitative estimate of drug-likeness (QED) is 0.733. The molecule has 0 spiro atoms. The van der Waals surface area contributed by atoms with Crippen molar-refractivity contribution in [2.75, 3.05) is 0 Å². The van der Waals surface area contributed by atoms with Gasteiger partial charge in [-0.15, -0.1) is 0 Å². The molecular formula is C19H23N5O2. The van der Waals surface area contributed by atoms with Crippen molar-refractivity contribution in [3.05, 3.63) is 52.7 Å². The summed E-state index contributed by atoms with van der Waals surface area (Å²) in [5, 5.41) is 8.06. The highest BCUT2D eigenvalue weighted by molar-refractivity contribution is 5.76. The van der Waals surface area contributed by atoms with Gasteiger partial charge in [0.25, 0.3) is 5.56 Å². The molecule has 26 heavy (non-hydrogen) atoms. The molecule has 2 heterocycles. The van der Waals surface area contributed by atoms with Crippen LogP contribution in [0.2, 0.25) is 0 Å². The molecule has 1 N–H and O–H groups in total. The van der Waals surface area contributed by atoms with Crippen LogP contribution in [-0.4, -0.2) is 25.7 Å². The van der Waals surface area contributed by atoms with Crippen LogP contribution >= 0.6 is 0 Å². The van der Waals surface area contributed by atoms with Gasteiger partial charge in [0.05, 0.1) is 23.8 Å². The Bertz CT molecular complexity index is 942. The average molecular weight is 353 g/mol. The normalized spacial score (nSPS) is 16.3. The summed E-state index contributed by atoms with van der Waals surface area (Å²) in [6.45, 7) is 3.08. The molecular weight excluding hydrogens is 330 g/mol. The maximum atomic E-state index is 12.5. The van der Waals surface area contributed by atoms with Crippen molar-refractivity contribution in [2.24, 2.45) is 0 Å². The molecule has 1 aliphatic carbocycles. The first-order chi connectivity index (χ1) is 12.7. The van der Waals surface area contributed by atoms with Gasteiger partial charge in [-0.05, 0) is 31.9 Å². The van der Waals surface area contributed by atoms with Crippen LogP contribution < -0.4 is 10.9 Å². The summed E-state index contributed by atoms with van der Waals surface area (Å²) in [4.78, 5) is 21.4. The molecule has 1 saturated carbocycles. The molecule has 0 unspecified atom stereocenters. The van der Waals surface area contributed by atoms with Gasteiger partial charge in [0.1, 0.15) is 0 Å². The summed E-state index contributed by atoms with van der Waals surface area (Å²) in [6, 6.07) is 7.47. The summed E-state index contributed by atoms with van der Waals surface area (Å²) in [5.41, 5.74) is 0.702. The first kappa shape index (κ1) is 16.9. The summed E-state index contributed by atoms with van der Waals surface area (Å²) in [6.07, 6.45) is 6.38. The van der Waals surface area contributed by atoms with E-state index in [2.05, 4.69) is 20.4 Å². The third-order valence-corrected chi connectivity index (χ3v) is 5.00. The van der Waals surface area contributed by atoms with Crippen LogP contribution in [0.15, 0.2) is 39.9 Å². The number of fused-ring (bicyclic) bond motifs is 1. The van der Waals surface area contributed by atoms with Crippen molar-refractivity contribution in [1.29, 1.82) is 0 Å². The highest BCUT2D eigenvalue weighted by Gasteiger charge is 2.22. The van der Waals surface area contributed by atoms with Gasteiger partial charge >= 0.3 is 0 Å². The van der Waals surface area contributed by atoms with Crippen LogP contribution in [0, 0.1) is 0 Å². The minimum atomic E-state index is -0.0210. The Morgan fingerprint density at radius 3 is 2.96 bits per heavy atom. The van der Waals surface area contributed by atoms with Gasteiger partial charge in [-0.3, -0.25) is 9.36 Å². The number of rotatable bonds is 6. The molecule has 0 bridgehead atoms. The summed E-state index contributed by atoms with van der Waals surface area (Å²) in [5.74, 6) is 1.86. The fourth-order valence-corrected chi connectivity index (χ4v) is 3.54. The largest absolute Gasteiger partial charge is 0.339 e. The molecule has 1 aromatic carbocycles. The lowest BCUT2D eigenvalue weighted by molar-refractivity contribution is 0.347. The Labute approximate surface area is 151 Å². The second-order valence-electron chi connectivity index (χ2n) is 7.03. The lowest BCUT2D eigenvalue weighted by Gasteiger charge is -2.14. The molecule has 7 heteroatoms. The van der Waals surface area contributed by atoms with Crippen LogP contribution in [0.5, 0.6) is 0 Å². The average Bonchev–Trinajstić information content (AvgIpc) is 3.34. The van der Waals surface area contributed by atoms with E-state index in [1.54, 1.807) is 10.9 Å². The molecule has 0 saturated heterocycles. The van der Waals surface area contributed by atoms with E-state index in [1.807, 2.05) is 31.2 Å². The van der Waals surface area contributed by atoms with Crippen LogP contribution in [0.3, 0.4) is 0 Å². The summed E-state index contributed by atoms with van der Waals surface area (Å²) >= 11 is 0. The number of hydrogen-bond donors (Lipinski definition) is 1. The fraction of sp³-hybridized carbons (Fsp3) is 0.474. The lowest BCUT2D eigenvalue weighted by Crippen LogP contribution is -2.34. The summed E-state index contributed by atoms with van der Waals surface area (Å²) < 4.78 is 7.04. The third-order valence-electron chi connectivity index (χ3n) is 5.00. The van der Waals surface area contributed by atoms with E-state index in [9.17, 15) is 4.79 Å². The van der Waals surface area contributed by atoms with Gasteiger partial charge in [-0.25, -0.2) is 4.98 Å². The Morgan fingerprint density at radius 1 is 1.31 bits per heavy atom. The van der Waals surface area contributed by atoms with Crippen molar-refractivity contribution < 1.29 is 4.52 Å². The molecule has 0 radical (unpaired) electrons. The molecule has 2 aromatic heterocycles. The van der Waals surface area contributed by atoms with Gasteiger partial charge in [-0.1, -0.05) is 30.1 Å². The minimum absolute atomic E-state index is 0.0210. The molecule has 1 atom stereocenters. The summed E-state index contributed by atoms with van der Waals surface area (Å²) in [7, 11) is 0. The third kappa shape index (κ3) is 3.53. The Hall–Kier alpha value is -2.54. The van der Waals surface area contributed by atoms with Crippen molar-refractivity contribution in [3.63, 3.8) is 0 Å². The Morgan fingerprint density at radius 2 is 2.12 bits per heavy atom. The second-order valence-corrected chi connectivity index (χ2v) is 7.03. The first-order valence-electron chi connectivity index (χ1n) is 9.21. The first-order valence-corrected chi connectivity index (χ1v) is 9.21. The molecule has 4 rings (SSSR count). The highest BCUT2D eigenvalue weighted by Crippen LogP contribution is 2.32. The number of aromatic nitrogens is 4. The molecule has 0 aliphatic heterocycles. The fourth-order valence-electron chi connectivity index (χ4n) is 3.54. The van der Waals surface area contributed by atoms with E-state index in [-0.39, 0.29) is 11.6 Å². The Balaban J connectivity index is 1.37. The highest BCUT2D eigenvalue weighted by atomic mass is 16.5. The molecule has 3 aromatic rings. The molecule has 7 nitrogen and oxygen atoms in total. The maximum Gasteiger partial charge on any atom is 0.261 e. The maximum absolute atomic E-state index is 12.5. The number of nitrogens with zero attached hydrogens (tertiary/aromatic N) is 4. The van der Waals surface area contributed by atoms with Crippen LogP contribution in [0.4, 0.5) is 0 Å². The van der Waals surface area contributed by atoms with Gasteiger partial charge in [0.2, 0.25) is 5.89 Å². The van der Waals surface area contributed by atoms with Crippen LogP contribution in [0.25, 0.3) is 10.9 Å². The van der Waals surface area contributed by atoms with Gasteiger partial charge in [0.15, 0.2) is 5.82 Å². The topological polar surface area (TPSA) is 85.8 Å². The van der Waals surface area contributed by atoms with E-state index in [1.165, 1.54) is 12.8 Å². The monoisotopic (exact) mass is 353 g/mol. The second kappa shape index (κ2) is 7.37. The predicted molar refractivity (Wildman–Crippen MR) is 97.8 cm³/mol. The van der Waals surface area contributed by atoms with Crippen LogP contribution in [-0.2, 0) is 13.1 Å². The number of benzene rings is 1. The van der Waals surface area contributed by atoms with E-state index in [0.29, 0.717) is 30.2 Å². The zero-order chi connectivity index (χ0) is 17.9. The van der Waals surface area contributed by atoms with E-state index in [0.717, 1.165) is 24.2 Å². The Kier molecular flexibility index (Phi) is 4.79. The molecule has 1 aliphatic rings. The van der Waals surface area contributed by atoms with Crippen molar-refractivity contribution in [2.45, 2.75) is 57.7 Å². The molecule has 136 valence electrons. The smallest absolute Gasteiger partial charge is 0.261 e. The lowest BCUT2D eigenvalue weighted by atomic mass is 10.1.